The van der Waals surface area contributed by atoms with Crippen LogP contribution in [0.2, 0.25) is 0 Å². The molecule has 15 aromatic carbocycles. The molecule has 5 nitrogen and oxygen atoms in total. The summed E-state index contributed by atoms with van der Waals surface area (Å²) in [5.41, 5.74) is 18.6. The molecule has 0 saturated carbocycles. The first-order valence-electron chi connectivity index (χ1n) is 34.6. The van der Waals surface area contributed by atoms with E-state index in [-0.39, 0.29) is 16.3 Å². The van der Waals surface area contributed by atoms with Crippen LogP contribution in [0.5, 0.6) is 0 Å². The lowest BCUT2D eigenvalue weighted by Gasteiger charge is -2.47. The van der Waals surface area contributed by atoms with Crippen molar-refractivity contribution >= 4 is 143 Å². The number of benzene rings is 15. The highest BCUT2D eigenvalue weighted by Crippen LogP contribution is 2.56. The normalized spacial score (nSPS) is 12.9. The number of hydrogen-bond acceptors (Lipinski definition) is 6. The lowest BCUT2D eigenvalue weighted by molar-refractivity contribution is -0.139. The molecule has 0 aliphatic carbocycles. The molecule has 4 aliphatic rings. The second-order valence-electron chi connectivity index (χ2n) is 26.3. The van der Waals surface area contributed by atoms with Gasteiger partial charge in [-0.3, -0.25) is 0 Å². The monoisotopic (exact) mass is 1350 g/mol. The molecule has 0 radical (unpaired) electrons. The SMILES string of the molecule is Fc1cccc(-c2ccccc2)c1N1c2cc(N(c3ccccc3)c3ccccc3)cc3c2B(c2ccccc2N3c2ccccc2)c2cc3c(c(C(F)(F)F)c21)Sc1cc(N(c2ccc(-c4ccccc4)cc2)c2cccc(-c4ccccc4)c2)cc2c1B3c1ccccc1N2c1ccccc1. The zero-order chi connectivity index (χ0) is 68.9. The number of rotatable bonds is 12. The third kappa shape index (κ3) is 10.3. The third-order valence-electron chi connectivity index (χ3n) is 20.5. The molecule has 15 aromatic rings. The first-order valence-corrected chi connectivity index (χ1v) is 35.4. The number of para-hydroxylation sites is 7. The van der Waals surface area contributed by atoms with Crippen LogP contribution in [0.1, 0.15) is 5.56 Å². The predicted molar refractivity (Wildman–Crippen MR) is 421 cm³/mol. The number of halogens is 4. The van der Waals surface area contributed by atoms with E-state index in [1.54, 1.807) is 11.0 Å². The molecule has 0 N–H and O–H groups in total. The molecule has 0 unspecified atom stereocenters. The van der Waals surface area contributed by atoms with E-state index in [1.165, 1.54) is 6.07 Å². The molecule has 0 bridgehead atoms. The molecular weight excluding hydrogens is 1290 g/mol. The third-order valence-corrected chi connectivity index (χ3v) is 21.7. The Hall–Kier alpha value is -12.5. The minimum atomic E-state index is -5.06. The van der Waals surface area contributed by atoms with Gasteiger partial charge in [0, 0.05) is 83.6 Å². The maximum atomic E-state index is 18.7. The van der Waals surface area contributed by atoms with Gasteiger partial charge in [0.1, 0.15) is 5.82 Å². The molecule has 488 valence electrons. The fourth-order valence-electron chi connectivity index (χ4n) is 16.2. The topological polar surface area (TPSA) is 16.2 Å². The minimum absolute atomic E-state index is 0.00625. The van der Waals surface area contributed by atoms with Crippen molar-refractivity contribution in [2.24, 2.45) is 0 Å². The zero-order valence-electron chi connectivity index (χ0n) is 55.4. The number of hydrogen-bond donors (Lipinski definition) is 0. The van der Waals surface area contributed by atoms with Crippen LogP contribution in [0.3, 0.4) is 0 Å². The Bertz CT molecular complexity index is 5720. The second-order valence-corrected chi connectivity index (χ2v) is 27.4. The van der Waals surface area contributed by atoms with Crippen molar-refractivity contribution in [1.29, 1.82) is 0 Å². The van der Waals surface area contributed by atoms with Crippen LogP contribution in [0, 0.1) is 5.82 Å². The molecule has 19 rings (SSSR count). The molecule has 0 fully saturated rings. The number of fused-ring (bicyclic) bond motifs is 8. The standard InChI is InChI=1S/C91H59B2F4N5S/c94-78-47-27-44-73(63-32-12-3-13-33-63)88(78)102-82-56-71(98(65-35-14-4-15-36-65)66-37-16-5-17-38-66)55-81-86(82)92(74-45-22-24-48-79(74)100(81)67-39-18-6-19-40-67)76-59-77-90(85(89(76)102)91(95,96)97)103-84-58-72(57-83-87(84)93(77)75-46-23-25-49-80(75)101(83)68-41-20-7-21-42-68)99(69-52-50-62(51-53-69)60-28-8-1-9-29-60)70-43-26-34-64(54-70)61-30-10-2-11-31-61/h1-59H. The van der Waals surface area contributed by atoms with Crippen molar-refractivity contribution < 1.29 is 17.6 Å². The summed E-state index contributed by atoms with van der Waals surface area (Å²) in [7, 11) is 0. The van der Waals surface area contributed by atoms with E-state index in [0.717, 1.165) is 118 Å². The van der Waals surface area contributed by atoms with E-state index in [4.69, 9.17) is 0 Å². The van der Waals surface area contributed by atoms with Crippen molar-refractivity contribution in [2.45, 2.75) is 16.0 Å². The Kier molecular flexibility index (Phi) is 14.9. The summed E-state index contributed by atoms with van der Waals surface area (Å²) in [6, 6.07) is 119. The predicted octanol–water partition coefficient (Wildman–Crippen LogP) is 21.6. The summed E-state index contributed by atoms with van der Waals surface area (Å²) >= 11 is 1.15. The van der Waals surface area contributed by atoms with Gasteiger partial charge in [0.15, 0.2) is 0 Å². The fourth-order valence-corrected chi connectivity index (χ4v) is 17.6. The molecule has 0 atom stereocenters. The van der Waals surface area contributed by atoms with Crippen LogP contribution >= 0.6 is 11.8 Å². The Labute approximate surface area is 600 Å². The average Bonchev–Trinajstić information content (AvgIpc) is 0.675. The highest BCUT2D eigenvalue weighted by atomic mass is 32.2. The van der Waals surface area contributed by atoms with Crippen molar-refractivity contribution in [3.8, 4) is 33.4 Å². The van der Waals surface area contributed by atoms with E-state index >= 15 is 17.6 Å². The summed E-state index contributed by atoms with van der Waals surface area (Å²) in [5.74, 6) is -0.683. The van der Waals surface area contributed by atoms with Gasteiger partial charge >= 0.3 is 6.18 Å². The van der Waals surface area contributed by atoms with Gasteiger partial charge in [0.2, 0.25) is 6.71 Å². The molecule has 4 heterocycles. The molecule has 0 aromatic heterocycles. The molecule has 4 aliphatic heterocycles. The van der Waals surface area contributed by atoms with Crippen LogP contribution < -0.4 is 57.3 Å². The van der Waals surface area contributed by atoms with Gasteiger partial charge < -0.3 is 24.5 Å². The highest BCUT2D eigenvalue weighted by molar-refractivity contribution is 8.00. The van der Waals surface area contributed by atoms with Crippen molar-refractivity contribution in [3.05, 3.63) is 369 Å². The Morgan fingerprint density at radius 3 is 1.27 bits per heavy atom. The van der Waals surface area contributed by atoms with E-state index in [0.29, 0.717) is 38.3 Å². The summed E-state index contributed by atoms with van der Waals surface area (Å²) in [5, 5.41) is 0. The molecule has 0 spiro atoms. The molecule has 0 saturated heterocycles. The van der Waals surface area contributed by atoms with E-state index in [9.17, 15) is 0 Å². The van der Waals surface area contributed by atoms with Crippen molar-refractivity contribution in [2.75, 3.05) is 24.5 Å². The maximum absolute atomic E-state index is 18.7. The van der Waals surface area contributed by atoms with E-state index in [1.807, 2.05) is 200 Å². The smallest absolute Gasteiger partial charge is 0.311 e. The fraction of sp³-hybridized carbons (Fsp3) is 0.0110. The lowest BCUT2D eigenvalue weighted by atomic mass is 9.30. The van der Waals surface area contributed by atoms with Gasteiger partial charge in [-0.15, -0.1) is 0 Å². The Morgan fingerprint density at radius 2 is 0.709 bits per heavy atom. The average molecular weight is 1350 g/mol. The summed E-state index contributed by atoms with van der Waals surface area (Å²) in [6.45, 7) is -1.55. The number of alkyl halides is 3. The van der Waals surface area contributed by atoms with Crippen LogP contribution in [0.25, 0.3) is 33.4 Å². The molecule has 12 heteroatoms. The first-order chi connectivity index (χ1) is 50.7. The van der Waals surface area contributed by atoms with Gasteiger partial charge in [-0.25, -0.2) is 4.39 Å². The Morgan fingerprint density at radius 1 is 0.291 bits per heavy atom. The highest BCUT2D eigenvalue weighted by Gasteiger charge is 2.53. The first kappa shape index (κ1) is 61.6. The molecule has 0 amide bonds. The van der Waals surface area contributed by atoms with Crippen molar-refractivity contribution in [3.63, 3.8) is 0 Å². The van der Waals surface area contributed by atoms with Gasteiger partial charge in [-0.1, -0.05) is 260 Å². The zero-order valence-corrected chi connectivity index (χ0v) is 56.2. The van der Waals surface area contributed by atoms with Crippen LogP contribution in [0.4, 0.5) is 103 Å². The van der Waals surface area contributed by atoms with E-state index < -0.39 is 31.0 Å². The second kappa shape index (κ2) is 25.0. The number of nitrogens with zero attached hydrogens (tertiary/aromatic N) is 5. The van der Waals surface area contributed by atoms with Crippen molar-refractivity contribution in [1.82, 2.24) is 0 Å². The molecule has 103 heavy (non-hydrogen) atoms. The Balaban J connectivity index is 0.930. The van der Waals surface area contributed by atoms with E-state index in [2.05, 4.69) is 165 Å². The minimum Gasteiger partial charge on any atom is -0.311 e. The summed E-state index contributed by atoms with van der Waals surface area (Å²) < 4.78 is 74.5. The quantitative estimate of drug-likeness (QED) is 0.0889. The van der Waals surface area contributed by atoms with Crippen LogP contribution in [0.15, 0.2) is 368 Å². The summed E-state index contributed by atoms with van der Waals surface area (Å²) in [4.78, 5) is 11.3. The maximum Gasteiger partial charge on any atom is 0.419 e. The number of anilines is 15. The lowest BCUT2D eigenvalue weighted by Crippen LogP contribution is -2.65. The van der Waals surface area contributed by atoms with Gasteiger partial charge in [-0.2, -0.15) is 13.2 Å². The molecular formula is C91H59B2F4N5S. The summed E-state index contributed by atoms with van der Waals surface area (Å²) in [6.07, 6.45) is -5.06. The van der Waals surface area contributed by atoms with Gasteiger partial charge in [0.05, 0.1) is 22.6 Å². The largest absolute Gasteiger partial charge is 0.419 e. The van der Waals surface area contributed by atoms with Gasteiger partial charge in [-0.05, 0) is 170 Å². The van der Waals surface area contributed by atoms with Crippen LogP contribution in [-0.2, 0) is 6.18 Å². The van der Waals surface area contributed by atoms with Gasteiger partial charge in [0.25, 0.3) is 6.71 Å². The van der Waals surface area contributed by atoms with Crippen LogP contribution in [-0.4, -0.2) is 13.4 Å².